The Labute approximate surface area is 122 Å². The lowest BCUT2D eigenvalue weighted by atomic mass is 9.95. The number of hydrogen-bond acceptors (Lipinski definition) is 3. The second-order valence-corrected chi connectivity index (χ2v) is 6.66. The quantitative estimate of drug-likeness (QED) is 0.820. The summed E-state index contributed by atoms with van der Waals surface area (Å²) in [5.74, 6) is 0. The number of nitrogens with zero attached hydrogens (tertiary/aromatic N) is 1. The van der Waals surface area contributed by atoms with Gasteiger partial charge in [-0.25, -0.2) is 0 Å². The van der Waals surface area contributed by atoms with Gasteiger partial charge in [-0.2, -0.15) is 11.3 Å². The fourth-order valence-electron chi connectivity index (χ4n) is 3.34. The van der Waals surface area contributed by atoms with Crippen LogP contribution in [0.4, 0.5) is 0 Å². The van der Waals surface area contributed by atoms with Gasteiger partial charge in [0.1, 0.15) is 0 Å². The summed E-state index contributed by atoms with van der Waals surface area (Å²) in [6.45, 7) is 2.20. The molecular formula is C16H28N2S. The molecule has 1 fully saturated rings. The molecule has 1 aliphatic rings. The van der Waals surface area contributed by atoms with E-state index in [2.05, 4.69) is 35.7 Å². The number of nitrogens with two attached hydrogens (primary N) is 1. The maximum Gasteiger partial charge on any atom is 0.0507 e. The predicted molar refractivity (Wildman–Crippen MR) is 84.6 cm³/mol. The van der Waals surface area contributed by atoms with Crippen LogP contribution in [-0.2, 0) is 0 Å². The molecule has 2 unspecified atom stereocenters. The van der Waals surface area contributed by atoms with Gasteiger partial charge in [0.05, 0.1) is 6.04 Å². The molecule has 1 aliphatic carbocycles. The van der Waals surface area contributed by atoms with Gasteiger partial charge in [0.15, 0.2) is 0 Å². The Balaban J connectivity index is 2.12. The number of likely N-dealkylation sites (N-methyl/N-ethyl adjacent to an activating group) is 1. The van der Waals surface area contributed by atoms with E-state index in [1.165, 1.54) is 44.1 Å². The molecule has 108 valence electrons. The molecule has 0 saturated heterocycles. The van der Waals surface area contributed by atoms with Crippen LogP contribution in [0, 0.1) is 0 Å². The average molecular weight is 280 g/mol. The van der Waals surface area contributed by atoms with Gasteiger partial charge < -0.3 is 5.73 Å². The van der Waals surface area contributed by atoms with Gasteiger partial charge in [0.2, 0.25) is 0 Å². The van der Waals surface area contributed by atoms with Crippen molar-refractivity contribution in [1.82, 2.24) is 4.90 Å². The highest BCUT2D eigenvalue weighted by molar-refractivity contribution is 7.07. The Kier molecular flexibility index (Phi) is 5.86. The molecular weight excluding hydrogens is 252 g/mol. The maximum absolute atomic E-state index is 6.42. The first-order valence-corrected chi connectivity index (χ1v) is 8.68. The fraction of sp³-hybridized carbons (Fsp3) is 0.750. The van der Waals surface area contributed by atoms with Crippen LogP contribution >= 0.6 is 11.3 Å². The standard InChI is InChI=1S/C16H28N2S/c1-3-15(17)16(13-10-11-19-12-13)18(2)14-8-6-4-5-7-9-14/h10-12,14-16H,3-9,17H2,1-2H3. The van der Waals surface area contributed by atoms with Crippen LogP contribution in [0.15, 0.2) is 16.8 Å². The van der Waals surface area contributed by atoms with E-state index in [9.17, 15) is 0 Å². The molecule has 0 spiro atoms. The molecule has 2 nitrogen and oxygen atoms in total. The van der Waals surface area contributed by atoms with Crippen LogP contribution in [0.3, 0.4) is 0 Å². The first kappa shape index (κ1) is 15.0. The highest BCUT2D eigenvalue weighted by atomic mass is 32.1. The van der Waals surface area contributed by atoms with E-state index in [0.717, 1.165) is 6.42 Å². The Morgan fingerprint density at radius 3 is 2.53 bits per heavy atom. The lowest BCUT2D eigenvalue weighted by Gasteiger charge is -2.37. The third kappa shape index (κ3) is 3.80. The topological polar surface area (TPSA) is 29.3 Å². The number of thiophene rings is 1. The Hall–Kier alpha value is -0.380. The SMILES string of the molecule is CCC(N)C(c1ccsc1)N(C)C1CCCCCC1. The molecule has 0 aromatic carbocycles. The Bertz CT molecular complexity index is 342. The summed E-state index contributed by atoms with van der Waals surface area (Å²) in [7, 11) is 2.29. The largest absolute Gasteiger partial charge is 0.326 e. The lowest BCUT2D eigenvalue weighted by Crippen LogP contribution is -2.43. The Morgan fingerprint density at radius 1 is 1.32 bits per heavy atom. The normalized spacial score (nSPS) is 21.3. The van der Waals surface area contributed by atoms with Gasteiger partial charge in [-0.05, 0) is 48.7 Å². The van der Waals surface area contributed by atoms with Crippen LogP contribution in [0.2, 0.25) is 0 Å². The van der Waals surface area contributed by atoms with Crippen LogP contribution in [0.5, 0.6) is 0 Å². The smallest absolute Gasteiger partial charge is 0.0507 e. The highest BCUT2D eigenvalue weighted by Crippen LogP contribution is 2.31. The minimum absolute atomic E-state index is 0.239. The van der Waals surface area contributed by atoms with Crippen molar-refractivity contribution in [1.29, 1.82) is 0 Å². The summed E-state index contributed by atoms with van der Waals surface area (Å²) in [4.78, 5) is 2.57. The van der Waals surface area contributed by atoms with E-state index < -0.39 is 0 Å². The van der Waals surface area contributed by atoms with Crippen molar-refractivity contribution in [3.63, 3.8) is 0 Å². The van der Waals surface area contributed by atoms with Crippen LogP contribution < -0.4 is 5.73 Å². The zero-order valence-electron chi connectivity index (χ0n) is 12.3. The van der Waals surface area contributed by atoms with Crippen molar-refractivity contribution >= 4 is 11.3 Å². The van der Waals surface area contributed by atoms with E-state index in [4.69, 9.17) is 5.73 Å². The van der Waals surface area contributed by atoms with Crippen molar-refractivity contribution in [3.05, 3.63) is 22.4 Å². The molecule has 0 bridgehead atoms. The molecule has 2 rings (SSSR count). The number of rotatable bonds is 5. The summed E-state index contributed by atoms with van der Waals surface area (Å²) in [5, 5.41) is 4.44. The van der Waals surface area contributed by atoms with Crippen molar-refractivity contribution in [2.24, 2.45) is 5.73 Å². The predicted octanol–water partition coefficient (Wildman–Crippen LogP) is 4.18. The second kappa shape index (κ2) is 7.41. The third-order valence-corrected chi connectivity index (χ3v) is 5.30. The molecule has 1 aromatic heterocycles. The summed E-state index contributed by atoms with van der Waals surface area (Å²) in [6.07, 6.45) is 9.30. The summed E-state index contributed by atoms with van der Waals surface area (Å²) in [6, 6.07) is 3.59. The summed E-state index contributed by atoms with van der Waals surface area (Å²) in [5.41, 5.74) is 7.83. The number of hydrogen-bond donors (Lipinski definition) is 1. The van der Waals surface area contributed by atoms with E-state index in [1.807, 2.05) is 0 Å². The molecule has 0 amide bonds. The maximum atomic E-state index is 6.42. The highest BCUT2D eigenvalue weighted by Gasteiger charge is 2.28. The van der Waals surface area contributed by atoms with E-state index in [1.54, 1.807) is 11.3 Å². The molecule has 2 atom stereocenters. The van der Waals surface area contributed by atoms with Gasteiger partial charge in [-0.15, -0.1) is 0 Å². The fourth-order valence-corrected chi connectivity index (χ4v) is 4.03. The Morgan fingerprint density at radius 2 is 2.00 bits per heavy atom. The minimum atomic E-state index is 0.239. The first-order valence-electron chi connectivity index (χ1n) is 7.73. The molecule has 3 heteroatoms. The molecule has 1 saturated carbocycles. The van der Waals surface area contributed by atoms with Gasteiger partial charge in [0.25, 0.3) is 0 Å². The zero-order valence-corrected chi connectivity index (χ0v) is 13.2. The second-order valence-electron chi connectivity index (χ2n) is 5.88. The van der Waals surface area contributed by atoms with Gasteiger partial charge in [-0.1, -0.05) is 32.6 Å². The molecule has 0 radical (unpaired) electrons. The van der Waals surface area contributed by atoms with Crippen molar-refractivity contribution < 1.29 is 0 Å². The van der Waals surface area contributed by atoms with E-state index >= 15 is 0 Å². The van der Waals surface area contributed by atoms with Gasteiger partial charge in [-0.3, -0.25) is 4.90 Å². The van der Waals surface area contributed by atoms with Gasteiger partial charge in [0, 0.05) is 12.1 Å². The molecule has 19 heavy (non-hydrogen) atoms. The third-order valence-electron chi connectivity index (χ3n) is 4.60. The molecule has 1 aromatic rings. The van der Waals surface area contributed by atoms with Gasteiger partial charge >= 0.3 is 0 Å². The van der Waals surface area contributed by atoms with E-state index in [0.29, 0.717) is 12.1 Å². The van der Waals surface area contributed by atoms with E-state index in [-0.39, 0.29) is 6.04 Å². The molecule has 0 aliphatic heterocycles. The minimum Gasteiger partial charge on any atom is -0.326 e. The lowest BCUT2D eigenvalue weighted by molar-refractivity contribution is 0.135. The monoisotopic (exact) mass is 280 g/mol. The molecule has 2 N–H and O–H groups in total. The van der Waals surface area contributed by atoms with Crippen LogP contribution in [0.1, 0.15) is 63.5 Å². The van der Waals surface area contributed by atoms with Crippen molar-refractivity contribution in [2.75, 3.05) is 7.05 Å². The van der Waals surface area contributed by atoms with Crippen molar-refractivity contribution in [3.8, 4) is 0 Å². The van der Waals surface area contributed by atoms with Crippen LogP contribution in [-0.4, -0.2) is 24.0 Å². The zero-order chi connectivity index (χ0) is 13.7. The van der Waals surface area contributed by atoms with Crippen LogP contribution in [0.25, 0.3) is 0 Å². The summed E-state index contributed by atoms with van der Waals surface area (Å²) < 4.78 is 0. The average Bonchev–Trinajstić information content (AvgIpc) is 2.79. The first-order chi connectivity index (χ1) is 9.24. The van der Waals surface area contributed by atoms with Crippen molar-refractivity contribution in [2.45, 2.75) is 70.0 Å². The summed E-state index contributed by atoms with van der Waals surface area (Å²) >= 11 is 1.78. The molecule has 1 heterocycles.